The van der Waals surface area contributed by atoms with E-state index in [0.29, 0.717) is 35.9 Å². The van der Waals surface area contributed by atoms with Gasteiger partial charge in [0, 0.05) is 17.4 Å². The lowest BCUT2D eigenvalue weighted by molar-refractivity contribution is -0.237. The van der Waals surface area contributed by atoms with Crippen molar-refractivity contribution in [2.75, 3.05) is 5.34 Å². The fraction of sp³-hybridized carbons (Fsp3) is 0.247. The number of thioether (sulfide) groups is 1. The van der Waals surface area contributed by atoms with Crippen LogP contribution in [0, 0.1) is 6.92 Å². The van der Waals surface area contributed by atoms with E-state index in [1.165, 1.54) is 29.1 Å². The number of aryl methyl sites for hydroxylation is 1. The molecule has 1 aliphatic rings. The van der Waals surface area contributed by atoms with Gasteiger partial charge in [0.25, 0.3) is 0 Å². The smallest absolute Gasteiger partial charge is 0.319 e. The fourth-order valence-electron chi connectivity index (χ4n) is 12.0. The molecular formula is C77H80Cl2O10SSi2. The Morgan fingerprint density at radius 3 is 1.38 bits per heavy atom. The quantitative estimate of drug-likeness (QED) is 0.0502. The average molecular weight is 1320 g/mol. The van der Waals surface area contributed by atoms with Crippen molar-refractivity contribution in [1.82, 2.24) is 0 Å². The molecule has 0 radical (unpaired) electrons. The summed E-state index contributed by atoms with van der Waals surface area (Å²) in [6.07, 6.45) is -1.82. The van der Waals surface area contributed by atoms with Crippen LogP contribution >= 0.6 is 35.0 Å². The van der Waals surface area contributed by atoms with E-state index in [-0.39, 0.29) is 38.6 Å². The molecule has 15 heteroatoms. The first-order valence-corrected chi connectivity index (χ1v) is 36.5. The SMILES string of the molecule is CC(=O)OC1C(Sc2ccccc2)OC(C)C(OCc2ccccc2)C1OCc1ccccc1.Cc1cc(O[Si](c2ccccc2)(c2ccccc2)C(C)(C)C)c2c(=O)c(O)c(-c3ccc(O[Si](c4ccccc4)(c4ccccc4)C(C)(C)C)cc3)oc2c1.ClCCl. The maximum Gasteiger partial charge on any atom is 0.319 e. The number of hydrogen-bond acceptors (Lipinski definition) is 11. The Labute approximate surface area is 557 Å². The standard InChI is InChI=1S/C48H48O5Si2.C28H30O5S.CH2Cl2/c1-34-32-41-43(42(33-34)53-55(48(5,6)7,39-24-16-10-17-25-39)40-26-18-11-19-27-40)44(49)45(50)46(51-41)35-28-30-36(31-29-35)52-54(47(2,3)4,37-20-12-8-13-21-37)38-22-14-9-15-23-38;1-20-25(30-18-22-12-6-3-7-13-22)26(31-19-23-14-8-4-9-15-23)27(33-21(2)29)28(32-20)34-24-16-10-5-11-17-24;2-1-3/h8-33,50H,1-7H3;3-17,20,25-28H,18-19H2,1-2H3;1H2. The van der Waals surface area contributed by atoms with Gasteiger partial charge < -0.3 is 37.3 Å². The minimum Gasteiger partial charge on any atom is -0.534 e. The molecule has 1 aromatic heterocycles. The number of alkyl halides is 2. The summed E-state index contributed by atoms with van der Waals surface area (Å²) >= 11 is 11.1. The number of hydrogen-bond donors (Lipinski definition) is 1. The second kappa shape index (κ2) is 31.3. The van der Waals surface area contributed by atoms with E-state index in [0.717, 1.165) is 32.0 Å². The molecule has 10 nitrogen and oxygen atoms in total. The predicted molar refractivity (Wildman–Crippen MR) is 380 cm³/mol. The molecule has 0 aliphatic carbocycles. The summed E-state index contributed by atoms with van der Waals surface area (Å²) < 4.78 is 46.0. The van der Waals surface area contributed by atoms with Gasteiger partial charge >= 0.3 is 22.6 Å². The summed E-state index contributed by atoms with van der Waals surface area (Å²) in [5.41, 5.74) is 2.89. The normalized spacial score (nSPS) is 16.7. The van der Waals surface area contributed by atoms with Crippen molar-refractivity contribution in [1.29, 1.82) is 0 Å². The monoisotopic (exact) mass is 1320 g/mol. The highest BCUT2D eigenvalue weighted by molar-refractivity contribution is 7.99. The van der Waals surface area contributed by atoms with Gasteiger partial charge in [0.15, 0.2) is 11.9 Å². The van der Waals surface area contributed by atoms with Crippen LogP contribution in [-0.2, 0) is 37.0 Å². The first-order chi connectivity index (χ1) is 44.3. The van der Waals surface area contributed by atoms with Crippen LogP contribution in [0.2, 0.25) is 10.1 Å². The van der Waals surface area contributed by atoms with Crippen molar-refractivity contribution >= 4 is 89.3 Å². The van der Waals surface area contributed by atoms with Gasteiger partial charge in [-0.25, -0.2) is 0 Å². The van der Waals surface area contributed by atoms with Crippen LogP contribution in [0.5, 0.6) is 17.2 Å². The topological polar surface area (TPSA) is 123 Å². The Bertz CT molecular complexity index is 3910. The van der Waals surface area contributed by atoms with E-state index in [2.05, 4.69) is 114 Å². The third kappa shape index (κ3) is 16.0. The predicted octanol–water partition coefficient (Wildman–Crippen LogP) is 16.4. The Balaban J connectivity index is 0.000000231. The van der Waals surface area contributed by atoms with Crippen molar-refractivity contribution in [2.24, 2.45) is 0 Å². The molecule has 0 spiro atoms. The van der Waals surface area contributed by atoms with E-state index in [1.807, 2.05) is 190 Å². The van der Waals surface area contributed by atoms with Crippen molar-refractivity contribution in [2.45, 2.75) is 120 Å². The third-order valence-electron chi connectivity index (χ3n) is 16.2. The molecule has 1 N–H and O–H groups in total. The number of carbonyl (C=O) groups excluding carboxylic acids is 1. The lowest BCUT2D eigenvalue weighted by atomic mass is 9.99. The van der Waals surface area contributed by atoms with Gasteiger partial charge in [0.2, 0.25) is 11.2 Å². The first kappa shape index (κ1) is 68.7. The van der Waals surface area contributed by atoms with Crippen LogP contribution in [0.3, 0.4) is 0 Å². The minimum atomic E-state index is -3.11. The molecule has 1 fully saturated rings. The van der Waals surface area contributed by atoms with Crippen LogP contribution < -0.4 is 35.0 Å². The second-order valence-electron chi connectivity index (χ2n) is 24.6. The lowest BCUT2D eigenvalue weighted by Gasteiger charge is -2.44. The second-order valence-corrected chi connectivity index (χ2v) is 35.1. The van der Waals surface area contributed by atoms with Crippen molar-refractivity contribution in [3.63, 3.8) is 0 Å². The number of halogens is 2. The molecule has 92 heavy (non-hydrogen) atoms. The highest BCUT2D eigenvalue weighted by Crippen LogP contribution is 2.43. The van der Waals surface area contributed by atoms with E-state index in [1.54, 1.807) is 0 Å². The maximum atomic E-state index is 14.3. The Morgan fingerprint density at radius 1 is 0.554 bits per heavy atom. The van der Waals surface area contributed by atoms with Gasteiger partial charge in [-0.15, -0.1) is 23.2 Å². The van der Waals surface area contributed by atoms with Crippen LogP contribution in [-0.4, -0.2) is 62.9 Å². The molecule has 1 aliphatic heterocycles. The minimum absolute atomic E-state index is 0.0940. The van der Waals surface area contributed by atoms with E-state index in [9.17, 15) is 14.7 Å². The summed E-state index contributed by atoms with van der Waals surface area (Å²) in [4.78, 5) is 27.5. The average Bonchev–Trinajstić information content (AvgIpc) is 0.744. The number of carbonyl (C=O) groups is 1. The zero-order chi connectivity index (χ0) is 65.5. The molecule has 11 rings (SSSR count). The van der Waals surface area contributed by atoms with Gasteiger partial charge in [-0.05, 0) is 110 Å². The number of ether oxygens (including phenoxy) is 4. The third-order valence-corrected chi connectivity index (χ3v) is 27.2. The molecule has 0 saturated carbocycles. The molecule has 9 aromatic carbocycles. The van der Waals surface area contributed by atoms with Crippen LogP contribution in [0.4, 0.5) is 0 Å². The van der Waals surface area contributed by atoms with Gasteiger partial charge in [-0.2, -0.15) is 0 Å². The van der Waals surface area contributed by atoms with E-state index in [4.69, 9.17) is 55.4 Å². The lowest BCUT2D eigenvalue weighted by Crippen LogP contribution is -2.68. The number of benzene rings is 9. The van der Waals surface area contributed by atoms with Gasteiger partial charge in [-0.1, -0.05) is 253 Å². The summed E-state index contributed by atoms with van der Waals surface area (Å²) in [5, 5.41) is 16.0. The molecule has 1 saturated heterocycles. The van der Waals surface area contributed by atoms with Crippen LogP contribution in [0.25, 0.3) is 22.3 Å². The number of rotatable bonds is 18. The Kier molecular flexibility index (Phi) is 23.3. The molecule has 0 bridgehead atoms. The molecule has 0 amide bonds. The summed E-state index contributed by atoms with van der Waals surface area (Å²) in [5.74, 6) is 0.337. The zero-order valence-corrected chi connectivity index (χ0v) is 57.8. The molecule has 476 valence electrons. The fourth-order valence-corrected chi connectivity index (χ4v) is 22.0. The summed E-state index contributed by atoms with van der Waals surface area (Å²) in [6, 6.07) is 82.6. The molecule has 2 heterocycles. The van der Waals surface area contributed by atoms with Gasteiger partial charge in [0.1, 0.15) is 40.1 Å². The highest BCUT2D eigenvalue weighted by atomic mass is 35.5. The molecule has 5 atom stereocenters. The first-order valence-electron chi connectivity index (χ1n) is 30.8. The molecule has 10 aromatic rings. The summed E-state index contributed by atoms with van der Waals surface area (Å²) in [7, 11) is -5.98. The maximum absolute atomic E-state index is 14.3. The highest BCUT2D eigenvalue weighted by Gasteiger charge is 2.54. The zero-order valence-electron chi connectivity index (χ0n) is 53.5. The van der Waals surface area contributed by atoms with Gasteiger partial charge in [0.05, 0.1) is 24.7 Å². The van der Waals surface area contributed by atoms with Gasteiger partial charge in [-0.3, -0.25) is 9.59 Å². The number of esters is 1. The van der Waals surface area contributed by atoms with Crippen molar-refractivity contribution in [3.8, 4) is 28.6 Å². The van der Waals surface area contributed by atoms with Crippen molar-refractivity contribution in [3.05, 3.63) is 276 Å². The van der Waals surface area contributed by atoms with Crippen LogP contribution in [0.1, 0.15) is 72.1 Å². The summed E-state index contributed by atoms with van der Waals surface area (Å²) in [6.45, 7) is 19.4. The van der Waals surface area contributed by atoms with Crippen LogP contribution in [0.15, 0.2) is 263 Å². The van der Waals surface area contributed by atoms with E-state index >= 15 is 0 Å². The Morgan fingerprint density at radius 2 is 0.957 bits per heavy atom. The molecular weight excluding hydrogens is 1240 g/mol. The Hall–Kier alpha value is -7.70. The largest absolute Gasteiger partial charge is 0.534 e. The number of fused-ring (bicyclic) bond motifs is 1. The molecule has 5 unspecified atom stereocenters. The number of aromatic hydroxyl groups is 1. The van der Waals surface area contributed by atoms with Crippen molar-refractivity contribution < 1.29 is 42.1 Å². The van der Waals surface area contributed by atoms with E-state index < -0.39 is 51.6 Å².